The van der Waals surface area contributed by atoms with E-state index in [4.69, 9.17) is 14.7 Å². The molecule has 0 aliphatic heterocycles. The van der Waals surface area contributed by atoms with Crippen molar-refractivity contribution in [3.8, 4) is 17.6 Å². The van der Waals surface area contributed by atoms with E-state index in [2.05, 4.69) is 6.07 Å². The molecule has 0 amide bonds. The van der Waals surface area contributed by atoms with E-state index < -0.39 is 0 Å². The largest absolute Gasteiger partial charge is 0.490 e. The van der Waals surface area contributed by atoms with Gasteiger partial charge in [-0.05, 0) is 43.2 Å². The first-order valence-electron chi connectivity index (χ1n) is 7.59. The number of benzene rings is 1. The van der Waals surface area contributed by atoms with Gasteiger partial charge in [-0.3, -0.25) is 4.79 Å². The zero-order valence-corrected chi connectivity index (χ0v) is 13.2. The zero-order chi connectivity index (χ0) is 16.5. The lowest BCUT2D eigenvalue weighted by atomic mass is 10.2. The minimum absolute atomic E-state index is 0.180. The SMILES string of the molecule is Cc1cccc(OCCOc2cccn(CCCC#N)c2=O)c1. The topological polar surface area (TPSA) is 64.2 Å². The fourth-order valence-electron chi connectivity index (χ4n) is 2.15. The smallest absolute Gasteiger partial charge is 0.292 e. The van der Waals surface area contributed by atoms with Gasteiger partial charge in [-0.1, -0.05) is 12.1 Å². The molecule has 0 aliphatic rings. The predicted molar refractivity (Wildman–Crippen MR) is 87.7 cm³/mol. The Hall–Kier alpha value is -2.74. The molecule has 0 saturated heterocycles. The van der Waals surface area contributed by atoms with E-state index >= 15 is 0 Å². The van der Waals surface area contributed by atoms with Crippen LogP contribution in [0.1, 0.15) is 18.4 Å². The Morgan fingerprint density at radius 1 is 1.17 bits per heavy atom. The van der Waals surface area contributed by atoms with Crippen molar-refractivity contribution in [3.05, 3.63) is 58.5 Å². The van der Waals surface area contributed by atoms with Gasteiger partial charge in [-0.25, -0.2) is 0 Å². The van der Waals surface area contributed by atoms with Crippen molar-refractivity contribution in [3.63, 3.8) is 0 Å². The van der Waals surface area contributed by atoms with Gasteiger partial charge < -0.3 is 14.0 Å². The molecule has 1 aromatic carbocycles. The highest BCUT2D eigenvalue weighted by atomic mass is 16.5. The molecule has 0 saturated carbocycles. The van der Waals surface area contributed by atoms with Crippen molar-refractivity contribution in [1.29, 1.82) is 5.26 Å². The van der Waals surface area contributed by atoms with Crippen LogP contribution in [-0.4, -0.2) is 17.8 Å². The van der Waals surface area contributed by atoms with Crippen molar-refractivity contribution in [2.45, 2.75) is 26.3 Å². The molecule has 5 heteroatoms. The number of nitriles is 1. The molecular formula is C18H20N2O3. The summed E-state index contributed by atoms with van der Waals surface area (Å²) in [5, 5.41) is 8.55. The molecule has 0 atom stereocenters. The third-order valence-corrected chi connectivity index (χ3v) is 3.27. The van der Waals surface area contributed by atoms with Gasteiger partial charge in [0.1, 0.15) is 19.0 Å². The normalized spacial score (nSPS) is 10.1. The maximum atomic E-state index is 12.2. The van der Waals surface area contributed by atoms with Crippen LogP contribution in [0.25, 0.3) is 0 Å². The van der Waals surface area contributed by atoms with Gasteiger partial charge in [0.05, 0.1) is 6.07 Å². The summed E-state index contributed by atoms with van der Waals surface area (Å²) in [4.78, 5) is 12.2. The van der Waals surface area contributed by atoms with Crippen LogP contribution in [0.5, 0.6) is 11.5 Å². The molecule has 0 spiro atoms. The lowest BCUT2D eigenvalue weighted by Gasteiger charge is -2.10. The van der Waals surface area contributed by atoms with Crippen molar-refractivity contribution in [2.24, 2.45) is 0 Å². The lowest BCUT2D eigenvalue weighted by molar-refractivity contribution is 0.214. The monoisotopic (exact) mass is 312 g/mol. The second-order valence-corrected chi connectivity index (χ2v) is 5.15. The molecule has 120 valence electrons. The predicted octanol–water partition coefficient (Wildman–Crippen LogP) is 2.92. The number of ether oxygens (including phenoxy) is 2. The van der Waals surface area contributed by atoms with Crippen LogP contribution in [0, 0.1) is 18.3 Å². The summed E-state index contributed by atoms with van der Waals surface area (Å²) in [6.07, 6.45) is 2.79. The van der Waals surface area contributed by atoms with E-state index in [1.165, 1.54) is 0 Å². The molecule has 0 fully saturated rings. The number of rotatable bonds is 8. The fraction of sp³-hybridized carbons (Fsp3) is 0.333. The van der Waals surface area contributed by atoms with E-state index in [1.54, 1.807) is 22.9 Å². The van der Waals surface area contributed by atoms with Crippen molar-refractivity contribution in [2.75, 3.05) is 13.2 Å². The van der Waals surface area contributed by atoms with E-state index in [-0.39, 0.29) is 5.56 Å². The molecule has 0 aliphatic carbocycles. The number of hydrogen-bond acceptors (Lipinski definition) is 4. The Morgan fingerprint density at radius 2 is 2.00 bits per heavy atom. The summed E-state index contributed by atoms with van der Waals surface area (Å²) < 4.78 is 12.7. The maximum Gasteiger partial charge on any atom is 0.292 e. The molecule has 0 radical (unpaired) electrons. The fourth-order valence-corrected chi connectivity index (χ4v) is 2.15. The van der Waals surface area contributed by atoms with E-state index in [9.17, 15) is 4.79 Å². The molecule has 0 bridgehead atoms. The molecule has 2 rings (SSSR count). The zero-order valence-electron chi connectivity index (χ0n) is 13.2. The maximum absolute atomic E-state index is 12.2. The Labute approximate surface area is 135 Å². The Morgan fingerprint density at radius 3 is 2.78 bits per heavy atom. The third-order valence-electron chi connectivity index (χ3n) is 3.27. The van der Waals surface area contributed by atoms with Gasteiger partial charge in [-0.2, -0.15) is 5.26 Å². The van der Waals surface area contributed by atoms with Gasteiger partial charge >= 0.3 is 0 Å². The van der Waals surface area contributed by atoms with Crippen LogP contribution in [-0.2, 0) is 6.54 Å². The molecule has 23 heavy (non-hydrogen) atoms. The van der Waals surface area contributed by atoms with E-state index in [0.717, 1.165) is 11.3 Å². The summed E-state index contributed by atoms with van der Waals surface area (Å²) >= 11 is 0. The summed E-state index contributed by atoms with van der Waals surface area (Å²) in [5.41, 5.74) is 0.952. The van der Waals surface area contributed by atoms with Crippen LogP contribution in [0.4, 0.5) is 0 Å². The van der Waals surface area contributed by atoms with Gasteiger partial charge in [-0.15, -0.1) is 0 Å². The van der Waals surface area contributed by atoms with E-state index in [0.29, 0.717) is 38.3 Å². The number of aryl methyl sites for hydroxylation is 2. The molecule has 1 heterocycles. The Balaban J connectivity index is 1.85. The number of unbranched alkanes of at least 4 members (excludes halogenated alkanes) is 1. The minimum Gasteiger partial charge on any atom is -0.490 e. The Bertz CT molecular complexity index is 732. The van der Waals surface area contributed by atoms with Gasteiger partial charge in [0, 0.05) is 19.2 Å². The standard InChI is InChI=1S/C18H20N2O3/c1-15-6-4-7-16(14-15)22-12-13-23-17-8-5-11-20(18(17)21)10-3-2-9-19/h4-8,11,14H,2-3,10,12-13H2,1H3. The average Bonchev–Trinajstić information content (AvgIpc) is 2.54. The molecule has 1 aromatic heterocycles. The molecule has 0 unspecified atom stereocenters. The highest BCUT2D eigenvalue weighted by molar-refractivity contribution is 5.27. The molecule has 0 N–H and O–H groups in total. The summed E-state index contributed by atoms with van der Waals surface area (Å²) in [5.74, 6) is 1.09. The number of nitrogens with zero attached hydrogens (tertiary/aromatic N) is 2. The number of hydrogen-bond donors (Lipinski definition) is 0. The van der Waals surface area contributed by atoms with Crippen molar-refractivity contribution < 1.29 is 9.47 Å². The average molecular weight is 312 g/mol. The quantitative estimate of drug-likeness (QED) is 0.703. The highest BCUT2D eigenvalue weighted by Gasteiger charge is 2.04. The van der Waals surface area contributed by atoms with Gasteiger partial charge in [0.25, 0.3) is 5.56 Å². The minimum atomic E-state index is -0.180. The molecule has 5 nitrogen and oxygen atoms in total. The van der Waals surface area contributed by atoms with Gasteiger partial charge in [0.2, 0.25) is 0 Å². The van der Waals surface area contributed by atoms with Crippen LogP contribution in [0.3, 0.4) is 0 Å². The van der Waals surface area contributed by atoms with Crippen molar-refractivity contribution >= 4 is 0 Å². The second kappa shape index (κ2) is 8.64. The number of pyridine rings is 1. The first-order chi connectivity index (χ1) is 11.2. The first-order valence-corrected chi connectivity index (χ1v) is 7.59. The third kappa shape index (κ3) is 5.19. The number of aromatic nitrogens is 1. The van der Waals surface area contributed by atoms with Crippen molar-refractivity contribution in [1.82, 2.24) is 4.57 Å². The van der Waals surface area contributed by atoms with Gasteiger partial charge in [0.15, 0.2) is 5.75 Å². The molecule has 2 aromatic rings. The van der Waals surface area contributed by atoms with Crippen LogP contribution < -0.4 is 15.0 Å². The first kappa shape index (κ1) is 16.6. The van der Waals surface area contributed by atoms with E-state index in [1.807, 2.05) is 31.2 Å². The lowest BCUT2D eigenvalue weighted by Crippen LogP contribution is -2.22. The van der Waals surface area contributed by atoms with Crippen LogP contribution >= 0.6 is 0 Å². The Kier molecular flexibility index (Phi) is 6.25. The summed E-state index contributed by atoms with van der Waals surface area (Å²) in [6, 6.07) is 13.3. The van der Waals surface area contributed by atoms with Crippen LogP contribution in [0.2, 0.25) is 0 Å². The second-order valence-electron chi connectivity index (χ2n) is 5.15. The summed E-state index contributed by atoms with van der Waals surface area (Å²) in [7, 11) is 0. The highest BCUT2D eigenvalue weighted by Crippen LogP contribution is 2.12. The molecular weight excluding hydrogens is 292 g/mol. The summed E-state index contributed by atoms with van der Waals surface area (Å²) in [6.45, 7) is 3.18. The van der Waals surface area contributed by atoms with Crippen LogP contribution in [0.15, 0.2) is 47.4 Å².